The second-order valence-electron chi connectivity index (χ2n) is 4.02. The van der Waals surface area contributed by atoms with Gasteiger partial charge in [-0.15, -0.1) is 0 Å². The molecule has 0 atom stereocenters. The lowest BCUT2D eigenvalue weighted by atomic mass is 10.0. The molecule has 2 heterocycles. The molecular formula is C9H13ClN2O2S2. The summed E-state index contributed by atoms with van der Waals surface area (Å²) in [5.41, 5.74) is 0. The van der Waals surface area contributed by atoms with Crippen LogP contribution in [0.15, 0.2) is 10.4 Å². The molecule has 0 bridgehead atoms. The summed E-state index contributed by atoms with van der Waals surface area (Å²) in [4.78, 5) is 3.77. The number of thiazole rings is 1. The molecule has 0 N–H and O–H groups in total. The Kier molecular flexibility index (Phi) is 3.53. The fourth-order valence-corrected chi connectivity index (χ4v) is 4.63. The summed E-state index contributed by atoms with van der Waals surface area (Å²) in [5.74, 6) is 0.608. The Morgan fingerprint density at radius 3 is 2.62 bits per heavy atom. The number of aromatic nitrogens is 1. The van der Waals surface area contributed by atoms with Gasteiger partial charge in [0.25, 0.3) is 10.0 Å². The lowest BCUT2D eigenvalue weighted by Gasteiger charge is -2.28. The molecule has 1 fully saturated rings. The smallest absolute Gasteiger partial charge is 0.232 e. The molecule has 1 aliphatic heterocycles. The van der Waals surface area contributed by atoms with E-state index in [1.165, 1.54) is 10.5 Å². The summed E-state index contributed by atoms with van der Waals surface area (Å²) in [6.45, 7) is 3.34. The van der Waals surface area contributed by atoms with Crippen molar-refractivity contribution in [2.75, 3.05) is 13.1 Å². The van der Waals surface area contributed by atoms with Crippen LogP contribution in [-0.4, -0.2) is 30.8 Å². The molecule has 1 aromatic heterocycles. The molecule has 2 rings (SSSR count). The van der Waals surface area contributed by atoms with Crippen LogP contribution in [0, 0.1) is 5.92 Å². The van der Waals surface area contributed by atoms with Crippen LogP contribution in [0.25, 0.3) is 0 Å². The molecule has 1 aromatic rings. The normalized spacial score (nSPS) is 20.1. The first-order valence-corrected chi connectivity index (χ1v) is 7.75. The summed E-state index contributed by atoms with van der Waals surface area (Å²) in [6, 6.07) is 0. The van der Waals surface area contributed by atoms with Gasteiger partial charge in [0.2, 0.25) is 0 Å². The van der Waals surface area contributed by atoms with Gasteiger partial charge < -0.3 is 0 Å². The van der Waals surface area contributed by atoms with E-state index in [1.807, 2.05) is 0 Å². The van der Waals surface area contributed by atoms with Crippen molar-refractivity contribution >= 4 is 33.0 Å². The van der Waals surface area contributed by atoms with Gasteiger partial charge in [-0.3, -0.25) is 0 Å². The first kappa shape index (κ1) is 12.3. The van der Waals surface area contributed by atoms with Crippen molar-refractivity contribution in [1.29, 1.82) is 0 Å². The highest BCUT2D eigenvalue weighted by Crippen LogP contribution is 2.28. The van der Waals surface area contributed by atoms with Crippen molar-refractivity contribution < 1.29 is 8.42 Å². The van der Waals surface area contributed by atoms with E-state index in [4.69, 9.17) is 11.6 Å². The standard InChI is InChI=1S/C9H13ClN2O2S2/c1-7-2-4-12(5-3-7)16(13,14)8-6-11-9(10)15-8/h6-7H,2-5H2,1H3. The minimum Gasteiger partial charge on any atom is -0.232 e. The molecule has 0 aliphatic carbocycles. The van der Waals surface area contributed by atoms with E-state index < -0.39 is 10.0 Å². The second-order valence-corrected chi connectivity index (χ2v) is 7.80. The van der Waals surface area contributed by atoms with Gasteiger partial charge in [0.1, 0.15) is 0 Å². The van der Waals surface area contributed by atoms with Crippen LogP contribution >= 0.6 is 22.9 Å². The molecule has 90 valence electrons. The lowest BCUT2D eigenvalue weighted by molar-refractivity contribution is 0.288. The van der Waals surface area contributed by atoms with Crippen LogP contribution in [0.2, 0.25) is 4.47 Å². The third-order valence-electron chi connectivity index (χ3n) is 2.79. The predicted octanol–water partition coefficient (Wildman–Crippen LogP) is 2.22. The van der Waals surface area contributed by atoms with Gasteiger partial charge >= 0.3 is 0 Å². The Bertz CT molecular complexity index is 464. The van der Waals surface area contributed by atoms with Gasteiger partial charge in [0.15, 0.2) is 8.68 Å². The van der Waals surface area contributed by atoms with Crippen LogP contribution in [0.3, 0.4) is 0 Å². The minimum atomic E-state index is -3.36. The van der Waals surface area contributed by atoms with Crippen molar-refractivity contribution in [3.63, 3.8) is 0 Å². The van der Waals surface area contributed by atoms with Crippen molar-refractivity contribution in [2.45, 2.75) is 24.0 Å². The fourth-order valence-electron chi connectivity index (χ4n) is 1.71. The average Bonchev–Trinajstić information content (AvgIpc) is 2.66. The lowest BCUT2D eigenvalue weighted by Crippen LogP contribution is -2.37. The van der Waals surface area contributed by atoms with E-state index in [0.717, 1.165) is 24.2 Å². The first-order valence-electron chi connectivity index (χ1n) is 5.11. The Morgan fingerprint density at radius 2 is 2.12 bits per heavy atom. The van der Waals surface area contributed by atoms with E-state index in [9.17, 15) is 8.42 Å². The Labute approximate surface area is 104 Å². The minimum absolute atomic E-state index is 0.243. The number of hydrogen-bond acceptors (Lipinski definition) is 4. The monoisotopic (exact) mass is 280 g/mol. The number of rotatable bonds is 2. The molecule has 0 saturated carbocycles. The predicted molar refractivity (Wildman–Crippen MR) is 64.3 cm³/mol. The fraction of sp³-hybridized carbons (Fsp3) is 0.667. The van der Waals surface area contributed by atoms with Crippen molar-refractivity contribution in [3.05, 3.63) is 10.7 Å². The highest BCUT2D eigenvalue weighted by molar-refractivity contribution is 7.91. The Morgan fingerprint density at radius 1 is 1.50 bits per heavy atom. The Balaban J connectivity index is 2.20. The zero-order valence-electron chi connectivity index (χ0n) is 8.89. The van der Waals surface area contributed by atoms with E-state index >= 15 is 0 Å². The molecule has 0 spiro atoms. The zero-order chi connectivity index (χ0) is 11.8. The van der Waals surface area contributed by atoms with Crippen LogP contribution in [-0.2, 0) is 10.0 Å². The summed E-state index contributed by atoms with van der Waals surface area (Å²) < 4.78 is 26.3. The molecule has 0 aromatic carbocycles. The highest BCUT2D eigenvalue weighted by atomic mass is 35.5. The molecule has 1 saturated heterocycles. The summed E-state index contributed by atoms with van der Waals surface area (Å²) in [7, 11) is -3.36. The molecular weight excluding hydrogens is 268 g/mol. The van der Waals surface area contributed by atoms with Crippen LogP contribution in [0.4, 0.5) is 0 Å². The van der Waals surface area contributed by atoms with E-state index in [0.29, 0.717) is 19.0 Å². The summed E-state index contributed by atoms with van der Waals surface area (Å²) in [5, 5.41) is 0. The van der Waals surface area contributed by atoms with Gasteiger partial charge in [0.05, 0.1) is 6.20 Å². The number of piperidine rings is 1. The Hall–Kier alpha value is -0.170. The third-order valence-corrected chi connectivity index (χ3v) is 6.24. The second kappa shape index (κ2) is 4.60. The average molecular weight is 281 g/mol. The molecule has 16 heavy (non-hydrogen) atoms. The number of halogens is 1. The van der Waals surface area contributed by atoms with Gasteiger partial charge in [0, 0.05) is 13.1 Å². The largest absolute Gasteiger partial charge is 0.254 e. The third kappa shape index (κ3) is 2.40. The van der Waals surface area contributed by atoms with Crippen LogP contribution < -0.4 is 0 Å². The molecule has 0 radical (unpaired) electrons. The highest BCUT2D eigenvalue weighted by Gasteiger charge is 2.29. The van der Waals surface area contributed by atoms with Gasteiger partial charge in [-0.25, -0.2) is 13.4 Å². The molecule has 0 unspecified atom stereocenters. The van der Waals surface area contributed by atoms with E-state index in [2.05, 4.69) is 11.9 Å². The van der Waals surface area contributed by atoms with Crippen LogP contribution in [0.5, 0.6) is 0 Å². The van der Waals surface area contributed by atoms with Crippen molar-refractivity contribution in [2.24, 2.45) is 5.92 Å². The van der Waals surface area contributed by atoms with Crippen molar-refractivity contribution in [1.82, 2.24) is 9.29 Å². The van der Waals surface area contributed by atoms with Crippen molar-refractivity contribution in [3.8, 4) is 0 Å². The maximum atomic E-state index is 12.1. The topological polar surface area (TPSA) is 50.3 Å². The summed E-state index contributed by atoms with van der Waals surface area (Å²) in [6.07, 6.45) is 3.18. The molecule has 0 amide bonds. The number of sulfonamides is 1. The molecule has 7 heteroatoms. The SMILES string of the molecule is CC1CCN(S(=O)(=O)c2cnc(Cl)s2)CC1. The van der Waals surface area contributed by atoms with Crippen LogP contribution in [0.1, 0.15) is 19.8 Å². The van der Waals surface area contributed by atoms with Gasteiger partial charge in [-0.05, 0) is 18.8 Å². The molecule has 4 nitrogen and oxygen atoms in total. The zero-order valence-corrected chi connectivity index (χ0v) is 11.3. The van der Waals surface area contributed by atoms with E-state index in [1.54, 1.807) is 0 Å². The van der Waals surface area contributed by atoms with Gasteiger partial charge in [-0.2, -0.15) is 4.31 Å². The van der Waals surface area contributed by atoms with Gasteiger partial charge in [-0.1, -0.05) is 29.9 Å². The first-order chi connectivity index (χ1) is 7.50. The summed E-state index contributed by atoms with van der Waals surface area (Å²) >= 11 is 6.67. The maximum Gasteiger partial charge on any atom is 0.254 e. The van der Waals surface area contributed by atoms with E-state index in [-0.39, 0.29) is 8.68 Å². The quantitative estimate of drug-likeness (QED) is 0.835. The number of nitrogens with zero attached hydrogens (tertiary/aromatic N) is 2. The maximum absolute atomic E-state index is 12.1. The molecule has 1 aliphatic rings. The number of hydrogen-bond donors (Lipinski definition) is 0.